The SMILES string of the molecule is CCC(=O)NC(=S)Nc1cccc(NC(=O)c2cc3ccccc3o2)c1. The van der Waals surface area contributed by atoms with Gasteiger partial charge in [-0.05, 0) is 42.5 Å². The Morgan fingerprint density at radius 2 is 1.73 bits per heavy atom. The predicted molar refractivity (Wildman–Crippen MR) is 105 cm³/mol. The highest BCUT2D eigenvalue weighted by atomic mass is 32.1. The predicted octanol–water partition coefficient (Wildman–Crippen LogP) is 3.91. The van der Waals surface area contributed by atoms with Crippen molar-refractivity contribution in [3.8, 4) is 0 Å². The van der Waals surface area contributed by atoms with E-state index >= 15 is 0 Å². The molecule has 0 atom stereocenters. The highest BCUT2D eigenvalue weighted by molar-refractivity contribution is 7.80. The fourth-order valence-corrected chi connectivity index (χ4v) is 2.57. The third-order valence-corrected chi connectivity index (χ3v) is 3.81. The Morgan fingerprint density at radius 3 is 2.46 bits per heavy atom. The average Bonchev–Trinajstić information content (AvgIpc) is 3.06. The number of benzene rings is 2. The van der Waals surface area contributed by atoms with Gasteiger partial charge in [0.1, 0.15) is 5.58 Å². The van der Waals surface area contributed by atoms with Crippen LogP contribution >= 0.6 is 12.2 Å². The Bertz CT molecular complexity index is 948. The van der Waals surface area contributed by atoms with Gasteiger partial charge >= 0.3 is 0 Å². The molecule has 0 bridgehead atoms. The molecular weight excluding hydrogens is 350 g/mol. The maximum absolute atomic E-state index is 12.4. The summed E-state index contributed by atoms with van der Waals surface area (Å²) in [6, 6.07) is 16.1. The summed E-state index contributed by atoms with van der Waals surface area (Å²) in [5.41, 5.74) is 1.88. The lowest BCUT2D eigenvalue weighted by Gasteiger charge is -2.10. The van der Waals surface area contributed by atoms with Crippen molar-refractivity contribution in [3.63, 3.8) is 0 Å². The minimum atomic E-state index is -0.347. The van der Waals surface area contributed by atoms with Gasteiger partial charge in [0.15, 0.2) is 10.9 Å². The van der Waals surface area contributed by atoms with Gasteiger partial charge in [0.05, 0.1) is 0 Å². The van der Waals surface area contributed by atoms with Gasteiger partial charge in [-0.15, -0.1) is 0 Å². The number of amides is 2. The number of hydrogen-bond acceptors (Lipinski definition) is 4. The van der Waals surface area contributed by atoms with E-state index in [9.17, 15) is 9.59 Å². The zero-order valence-corrected chi connectivity index (χ0v) is 14.9. The molecule has 0 radical (unpaired) electrons. The Labute approximate surface area is 155 Å². The number of rotatable bonds is 4. The molecule has 7 heteroatoms. The molecule has 0 fully saturated rings. The van der Waals surface area contributed by atoms with E-state index in [2.05, 4.69) is 16.0 Å². The minimum Gasteiger partial charge on any atom is -0.451 e. The van der Waals surface area contributed by atoms with Gasteiger partial charge in [0.25, 0.3) is 5.91 Å². The number of fused-ring (bicyclic) bond motifs is 1. The molecule has 2 amide bonds. The van der Waals surface area contributed by atoms with E-state index in [1.54, 1.807) is 37.3 Å². The van der Waals surface area contributed by atoms with E-state index in [1.165, 1.54) is 0 Å². The van der Waals surface area contributed by atoms with E-state index in [1.807, 2.05) is 24.3 Å². The maximum Gasteiger partial charge on any atom is 0.291 e. The topological polar surface area (TPSA) is 83.4 Å². The lowest BCUT2D eigenvalue weighted by Crippen LogP contribution is -2.33. The molecule has 3 rings (SSSR count). The molecule has 1 aromatic heterocycles. The number of anilines is 2. The molecule has 26 heavy (non-hydrogen) atoms. The minimum absolute atomic E-state index is 0.170. The first-order valence-electron chi connectivity index (χ1n) is 8.06. The number of thiocarbonyl (C=S) groups is 1. The fourth-order valence-electron chi connectivity index (χ4n) is 2.34. The molecular formula is C19H17N3O3S. The van der Waals surface area contributed by atoms with Gasteiger partial charge in [-0.25, -0.2) is 0 Å². The molecule has 2 aromatic carbocycles. The Balaban J connectivity index is 1.69. The summed E-state index contributed by atoms with van der Waals surface area (Å²) in [7, 11) is 0. The zero-order valence-electron chi connectivity index (χ0n) is 14.0. The average molecular weight is 367 g/mol. The first kappa shape index (κ1) is 17.6. The van der Waals surface area contributed by atoms with Crippen LogP contribution in [0.25, 0.3) is 11.0 Å². The van der Waals surface area contributed by atoms with Crippen LogP contribution < -0.4 is 16.0 Å². The standard InChI is InChI=1S/C19H17N3O3S/c1-2-17(23)22-19(26)21-14-8-5-7-13(11-14)20-18(24)16-10-12-6-3-4-9-15(12)25-16/h3-11H,2H2,1H3,(H,20,24)(H2,21,22,23,26). The molecule has 6 nitrogen and oxygen atoms in total. The summed E-state index contributed by atoms with van der Waals surface area (Å²) < 4.78 is 5.56. The van der Waals surface area contributed by atoms with Crippen LogP contribution in [0.2, 0.25) is 0 Å². The van der Waals surface area contributed by atoms with Crippen molar-refractivity contribution in [1.29, 1.82) is 0 Å². The number of nitrogens with one attached hydrogen (secondary N) is 3. The lowest BCUT2D eigenvalue weighted by atomic mass is 10.2. The molecule has 3 N–H and O–H groups in total. The number of para-hydroxylation sites is 1. The van der Waals surface area contributed by atoms with Gasteiger partial charge in [0, 0.05) is 23.2 Å². The Kier molecular flexibility index (Phi) is 5.28. The van der Waals surface area contributed by atoms with Crippen LogP contribution in [0, 0.1) is 0 Å². The second-order valence-corrected chi connectivity index (χ2v) is 5.95. The maximum atomic E-state index is 12.4. The van der Waals surface area contributed by atoms with Crippen LogP contribution in [0.1, 0.15) is 23.9 Å². The number of furan rings is 1. The van der Waals surface area contributed by atoms with Crippen LogP contribution in [0.5, 0.6) is 0 Å². The van der Waals surface area contributed by atoms with Gasteiger partial charge < -0.3 is 20.4 Å². The smallest absolute Gasteiger partial charge is 0.291 e. The van der Waals surface area contributed by atoms with Crippen molar-refractivity contribution in [3.05, 3.63) is 60.4 Å². The molecule has 0 unspecified atom stereocenters. The third-order valence-electron chi connectivity index (χ3n) is 3.60. The van der Waals surface area contributed by atoms with Gasteiger partial charge in [0.2, 0.25) is 5.91 Å². The van der Waals surface area contributed by atoms with Crippen molar-refractivity contribution in [2.45, 2.75) is 13.3 Å². The summed E-state index contributed by atoms with van der Waals surface area (Å²) in [6.45, 7) is 1.74. The summed E-state index contributed by atoms with van der Waals surface area (Å²) in [6.07, 6.45) is 0.343. The third kappa shape index (κ3) is 4.25. The van der Waals surface area contributed by atoms with E-state index in [0.29, 0.717) is 23.4 Å². The summed E-state index contributed by atoms with van der Waals surface area (Å²) >= 11 is 5.08. The van der Waals surface area contributed by atoms with E-state index in [-0.39, 0.29) is 22.7 Å². The van der Waals surface area contributed by atoms with Gasteiger partial charge in [-0.2, -0.15) is 0 Å². The van der Waals surface area contributed by atoms with Crippen LogP contribution in [0.15, 0.2) is 59.0 Å². The molecule has 132 valence electrons. The Hall–Kier alpha value is -3.19. The van der Waals surface area contributed by atoms with Crippen LogP contribution in [0.3, 0.4) is 0 Å². The molecule has 0 aliphatic heterocycles. The van der Waals surface area contributed by atoms with Crippen molar-refractivity contribution in [2.75, 3.05) is 10.6 Å². The largest absolute Gasteiger partial charge is 0.451 e. The summed E-state index contributed by atoms with van der Waals surface area (Å²) in [5.74, 6) is -0.285. The first-order valence-corrected chi connectivity index (χ1v) is 8.47. The summed E-state index contributed by atoms with van der Waals surface area (Å²) in [4.78, 5) is 23.7. The first-order chi connectivity index (χ1) is 12.5. The number of carbonyl (C=O) groups excluding carboxylic acids is 2. The molecule has 0 saturated carbocycles. The zero-order chi connectivity index (χ0) is 18.5. The molecule has 1 heterocycles. The van der Waals surface area contributed by atoms with Crippen LogP contribution in [-0.2, 0) is 4.79 Å². The Morgan fingerprint density at radius 1 is 1.00 bits per heavy atom. The fraction of sp³-hybridized carbons (Fsp3) is 0.105. The van der Waals surface area contributed by atoms with E-state index in [0.717, 1.165) is 5.39 Å². The second-order valence-electron chi connectivity index (χ2n) is 5.54. The van der Waals surface area contributed by atoms with Crippen LogP contribution in [-0.4, -0.2) is 16.9 Å². The van der Waals surface area contributed by atoms with Crippen molar-refractivity contribution in [1.82, 2.24) is 5.32 Å². The quantitative estimate of drug-likeness (QED) is 0.609. The highest BCUT2D eigenvalue weighted by Crippen LogP contribution is 2.21. The monoisotopic (exact) mass is 367 g/mol. The molecule has 3 aromatic rings. The van der Waals surface area contributed by atoms with Gasteiger partial charge in [-0.3, -0.25) is 9.59 Å². The van der Waals surface area contributed by atoms with Gasteiger partial charge in [-0.1, -0.05) is 31.2 Å². The van der Waals surface area contributed by atoms with Crippen molar-refractivity contribution >= 4 is 51.5 Å². The van der Waals surface area contributed by atoms with E-state index < -0.39 is 0 Å². The molecule has 0 saturated heterocycles. The van der Waals surface area contributed by atoms with E-state index in [4.69, 9.17) is 16.6 Å². The molecule has 0 spiro atoms. The van der Waals surface area contributed by atoms with Crippen LogP contribution in [0.4, 0.5) is 11.4 Å². The number of hydrogen-bond donors (Lipinski definition) is 3. The van der Waals surface area contributed by atoms with Crippen molar-refractivity contribution < 1.29 is 14.0 Å². The molecule has 0 aliphatic carbocycles. The molecule has 0 aliphatic rings. The van der Waals surface area contributed by atoms with Crippen molar-refractivity contribution in [2.24, 2.45) is 0 Å². The summed E-state index contributed by atoms with van der Waals surface area (Å²) in [5, 5.41) is 9.32. The number of carbonyl (C=O) groups is 2. The normalized spacial score (nSPS) is 10.3. The highest BCUT2D eigenvalue weighted by Gasteiger charge is 2.12. The second kappa shape index (κ2) is 7.79. The lowest BCUT2D eigenvalue weighted by molar-refractivity contribution is -0.119.